The van der Waals surface area contributed by atoms with E-state index in [1.807, 2.05) is 38.1 Å². The number of aryl methyl sites for hydroxylation is 2. The van der Waals surface area contributed by atoms with Crippen molar-refractivity contribution < 1.29 is 9.18 Å². The van der Waals surface area contributed by atoms with Gasteiger partial charge in [-0.1, -0.05) is 23.8 Å². The van der Waals surface area contributed by atoms with Crippen molar-refractivity contribution >= 4 is 16.7 Å². The van der Waals surface area contributed by atoms with E-state index in [1.54, 1.807) is 22.9 Å². The van der Waals surface area contributed by atoms with Gasteiger partial charge in [0.2, 0.25) is 0 Å². The summed E-state index contributed by atoms with van der Waals surface area (Å²) in [4.78, 5) is 12.5. The van der Waals surface area contributed by atoms with Crippen LogP contribution in [0.2, 0.25) is 0 Å². The van der Waals surface area contributed by atoms with E-state index in [2.05, 4.69) is 0 Å². The van der Waals surface area contributed by atoms with Gasteiger partial charge in [-0.3, -0.25) is 4.79 Å². The molecule has 0 spiro atoms. The van der Waals surface area contributed by atoms with Crippen molar-refractivity contribution in [1.29, 1.82) is 0 Å². The number of aromatic nitrogens is 1. The van der Waals surface area contributed by atoms with Crippen molar-refractivity contribution in [1.82, 2.24) is 4.57 Å². The molecule has 1 heterocycles. The molecule has 0 unspecified atom stereocenters. The molecular weight excluding hydrogens is 265 g/mol. The van der Waals surface area contributed by atoms with E-state index in [1.165, 1.54) is 6.07 Å². The van der Waals surface area contributed by atoms with Gasteiger partial charge in [-0.25, -0.2) is 4.39 Å². The van der Waals surface area contributed by atoms with Crippen molar-refractivity contribution in [3.63, 3.8) is 0 Å². The Morgan fingerprint density at radius 2 is 1.95 bits per heavy atom. The van der Waals surface area contributed by atoms with E-state index in [9.17, 15) is 9.18 Å². The first-order chi connectivity index (χ1) is 10.1. The fraction of sp³-hybridized carbons (Fsp3) is 0.167. The maximum Gasteiger partial charge on any atom is 0.182 e. The van der Waals surface area contributed by atoms with Crippen molar-refractivity contribution in [3.05, 3.63) is 71.2 Å². The normalized spacial score (nSPS) is 11.0. The molecule has 2 aromatic carbocycles. The fourth-order valence-corrected chi connectivity index (χ4v) is 2.60. The summed E-state index contributed by atoms with van der Waals surface area (Å²) in [5.41, 5.74) is 3.50. The van der Waals surface area contributed by atoms with Gasteiger partial charge < -0.3 is 4.57 Å². The van der Waals surface area contributed by atoms with Gasteiger partial charge >= 0.3 is 0 Å². The van der Waals surface area contributed by atoms with Crippen LogP contribution in [0.5, 0.6) is 0 Å². The van der Waals surface area contributed by atoms with Gasteiger partial charge in [0.15, 0.2) is 5.78 Å². The lowest BCUT2D eigenvalue weighted by molar-refractivity contribution is 0.0973. The zero-order chi connectivity index (χ0) is 15.0. The molecule has 0 radical (unpaired) electrons. The largest absolute Gasteiger partial charge is 0.340 e. The van der Waals surface area contributed by atoms with E-state index < -0.39 is 0 Å². The van der Waals surface area contributed by atoms with Crippen LogP contribution in [-0.2, 0) is 6.54 Å². The van der Waals surface area contributed by atoms with E-state index in [0.717, 1.165) is 22.2 Å². The molecule has 21 heavy (non-hydrogen) atoms. The standard InChI is InChI=1S/C18H16FNO/c1-12-6-7-13(2)15(10-12)18(21)11-20-9-8-14-16(19)4-3-5-17(14)20/h3-10H,11H2,1-2H3. The molecule has 1 aromatic heterocycles. The van der Waals surface area contributed by atoms with Crippen LogP contribution < -0.4 is 0 Å². The van der Waals surface area contributed by atoms with Crippen molar-refractivity contribution in [3.8, 4) is 0 Å². The Hall–Kier alpha value is -2.42. The number of hydrogen-bond donors (Lipinski definition) is 0. The van der Waals surface area contributed by atoms with Crippen molar-refractivity contribution in [2.75, 3.05) is 0 Å². The quantitative estimate of drug-likeness (QED) is 0.657. The van der Waals surface area contributed by atoms with Crippen LogP contribution in [0.25, 0.3) is 10.9 Å². The SMILES string of the molecule is Cc1ccc(C)c(C(=O)Cn2ccc3c(F)cccc32)c1. The van der Waals surface area contributed by atoms with E-state index >= 15 is 0 Å². The molecular formula is C18H16FNO. The first-order valence-corrected chi connectivity index (χ1v) is 6.90. The zero-order valence-corrected chi connectivity index (χ0v) is 12.1. The number of carbonyl (C=O) groups is 1. The molecule has 0 atom stereocenters. The minimum absolute atomic E-state index is 0.0398. The first kappa shape index (κ1) is 13.6. The summed E-state index contributed by atoms with van der Waals surface area (Å²) in [7, 11) is 0. The molecule has 2 nitrogen and oxygen atoms in total. The van der Waals surface area contributed by atoms with Crippen LogP contribution >= 0.6 is 0 Å². The Labute approximate surface area is 122 Å². The Morgan fingerprint density at radius 1 is 1.14 bits per heavy atom. The van der Waals surface area contributed by atoms with E-state index in [0.29, 0.717) is 5.39 Å². The predicted molar refractivity (Wildman–Crippen MR) is 82.1 cm³/mol. The number of hydrogen-bond acceptors (Lipinski definition) is 1. The molecule has 0 amide bonds. The molecule has 0 fully saturated rings. The fourth-order valence-electron chi connectivity index (χ4n) is 2.60. The molecule has 0 saturated heterocycles. The van der Waals surface area contributed by atoms with Gasteiger partial charge in [-0.2, -0.15) is 0 Å². The lowest BCUT2D eigenvalue weighted by Crippen LogP contribution is -2.11. The third-order valence-electron chi connectivity index (χ3n) is 3.77. The second-order valence-electron chi connectivity index (χ2n) is 5.36. The summed E-state index contributed by atoms with van der Waals surface area (Å²) < 4.78 is 15.5. The molecule has 0 aliphatic rings. The van der Waals surface area contributed by atoms with Gasteiger partial charge in [0.1, 0.15) is 5.82 Å². The zero-order valence-electron chi connectivity index (χ0n) is 12.1. The number of Topliss-reactive ketones (excluding diaryl/α,β-unsaturated/α-hetero) is 1. The molecule has 3 heteroatoms. The lowest BCUT2D eigenvalue weighted by Gasteiger charge is -2.08. The average Bonchev–Trinajstić information content (AvgIpc) is 2.86. The maximum absolute atomic E-state index is 13.7. The van der Waals surface area contributed by atoms with Crippen LogP contribution in [-0.4, -0.2) is 10.4 Å². The first-order valence-electron chi connectivity index (χ1n) is 6.90. The summed E-state index contributed by atoms with van der Waals surface area (Å²) in [6, 6.07) is 12.5. The topological polar surface area (TPSA) is 22.0 Å². The second kappa shape index (κ2) is 5.17. The summed E-state index contributed by atoms with van der Waals surface area (Å²) in [6.45, 7) is 4.12. The minimum atomic E-state index is -0.259. The van der Waals surface area contributed by atoms with Gasteiger partial charge in [0.05, 0.1) is 12.1 Å². The Bertz CT molecular complexity index is 832. The predicted octanol–water partition coefficient (Wildman–Crippen LogP) is 4.28. The van der Waals surface area contributed by atoms with Crippen LogP contribution in [0.15, 0.2) is 48.7 Å². The third-order valence-corrected chi connectivity index (χ3v) is 3.77. The molecule has 0 aliphatic heterocycles. The molecule has 0 aliphatic carbocycles. The number of rotatable bonds is 3. The van der Waals surface area contributed by atoms with Crippen LogP contribution in [0.3, 0.4) is 0 Å². The minimum Gasteiger partial charge on any atom is -0.340 e. The second-order valence-corrected chi connectivity index (χ2v) is 5.36. The highest BCUT2D eigenvalue weighted by Crippen LogP contribution is 2.20. The highest BCUT2D eigenvalue weighted by atomic mass is 19.1. The van der Waals surface area contributed by atoms with Crippen molar-refractivity contribution in [2.45, 2.75) is 20.4 Å². The van der Waals surface area contributed by atoms with Gasteiger partial charge in [-0.15, -0.1) is 0 Å². The molecule has 0 N–H and O–H groups in total. The van der Waals surface area contributed by atoms with Gasteiger partial charge in [-0.05, 0) is 43.7 Å². The number of fused-ring (bicyclic) bond motifs is 1. The molecule has 3 rings (SSSR count). The summed E-state index contributed by atoms with van der Waals surface area (Å²) in [5, 5.41) is 0.547. The smallest absolute Gasteiger partial charge is 0.182 e. The molecule has 106 valence electrons. The molecule has 3 aromatic rings. The van der Waals surface area contributed by atoms with Gasteiger partial charge in [0, 0.05) is 17.1 Å². The van der Waals surface area contributed by atoms with Crippen LogP contribution in [0, 0.1) is 19.7 Å². The van der Waals surface area contributed by atoms with E-state index in [-0.39, 0.29) is 18.1 Å². The van der Waals surface area contributed by atoms with Gasteiger partial charge in [0.25, 0.3) is 0 Å². The number of ketones is 1. The molecule has 0 saturated carbocycles. The Morgan fingerprint density at radius 3 is 2.76 bits per heavy atom. The maximum atomic E-state index is 13.7. The highest BCUT2D eigenvalue weighted by molar-refractivity contribution is 5.98. The summed E-state index contributed by atoms with van der Waals surface area (Å²) >= 11 is 0. The number of carbonyl (C=O) groups excluding carboxylic acids is 1. The summed E-state index contributed by atoms with van der Waals surface area (Å²) in [5.74, 6) is -0.219. The highest BCUT2D eigenvalue weighted by Gasteiger charge is 2.12. The van der Waals surface area contributed by atoms with Crippen molar-refractivity contribution in [2.24, 2.45) is 0 Å². The van der Waals surface area contributed by atoms with Crippen LogP contribution in [0.4, 0.5) is 4.39 Å². The van der Waals surface area contributed by atoms with E-state index in [4.69, 9.17) is 0 Å². The Kier molecular flexibility index (Phi) is 3.34. The third kappa shape index (κ3) is 2.47. The monoisotopic (exact) mass is 281 g/mol. The average molecular weight is 281 g/mol. The number of nitrogens with zero attached hydrogens (tertiary/aromatic N) is 1. The number of halogens is 1. The summed E-state index contributed by atoms with van der Waals surface area (Å²) in [6.07, 6.45) is 1.76. The molecule has 0 bridgehead atoms. The Balaban J connectivity index is 1.97. The number of benzene rings is 2. The lowest BCUT2D eigenvalue weighted by atomic mass is 10.0. The van der Waals surface area contributed by atoms with Crippen LogP contribution in [0.1, 0.15) is 21.5 Å².